The van der Waals surface area contributed by atoms with E-state index in [-0.39, 0.29) is 5.75 Å². The first-order valence-corrected chi connectivity index (χ1v) is 6.39. The fourth-order valence-corrected chi connectivity index (χ4v) is 1.99. The van der Waals surface area contributed by atoms with Crippen molar-refractivity contribution in [2.24, 2.45) is 0 Å². The van der Waals surface area contributed by atoms with Crippen LogP contribution in [0.5, 0.6) is 17.2 Å². The molecule has 0 radical (unpaired) electrons. The lowest BCUT2D eigenvalue weighted by Gasteiger charge is -2.10. The molecule has 2 aromatic rings. The Bertz CT molecular complexity index is 533. The predicted octanol–water partition coefficient (Wildman–Crippen LogP) is 1.07. The van der Waals surface area contributed by atoms with Gasteiger partial charge in [-0.25, -0.2) is 0 Å². The lowest BCUT2D eigenvalue weighted by Crippen LogP contribution is -2.80. The molecule has 106 valence electrons. The molecule has 1 aromatic heterocycles. The maximum Gasteiger partial charge on any atom is 0.200 e. The second kappa shape index (κ2) is 6.77. The Balaban J connectivity index is 2.02. The number of aromatic nitrogens is 1. The first kappa shape index (κ1) is 14.1. The van der Waals surface area contributed by atoms with E-state index in [0.717, 1.165) is 18.7 Å². The molecule has 3 N–H and O–H groups in total. The van der Waals surface area contributed by atoms with Crippen molar-refractivity contribution < 1.29 is 19.9 Å². The third-order valence-corrected chi connectivity index (χ3v) is 3.02. The number of ether oxygens (including phenoxy) is 2. The lowest BCUT2D eigenvalue weighted by molar-refractivity contribution is -0.686. The van der Waals surface area contributed by atoms with Gasteiger partial charge in [-0.1, -0.05) is 6.07 Å². The Morgan fingerprint density at radius 1 is 1.10 bits per heavy atom. The second-order valence-electron chi connectivity index (χ2n) is 4.41. The van der Waals surface area contributed by atoms with E-state index in [1.54, 1.807) is 6.20 Å². The number of hydrogen-bond donors (Lipinski definition) is 2. The molecule has 0 aliphatic carbocycles. The Labute approximate surface area is 118 Å². The molecule has 5 nitrogen and oxygen atoms in total. The number of phenolic OH excluding ortho intramolecular Hbond substituents is 1. The average molecular weight is 275 g/mol. The molecule has 1 heterocycles. The number of nitrogens with zero attached hydrogens (tertiary/aromatic N) is 1. The van der Waals surface area contributed by atoms with Gasteiger partial charge in [-0.05, 0) is 18.2 Å². The quantitative estimate of drug-likeness (QED) is 0.827. The van der Waals surface area contributed by atoms with Crippen molar-refractivity contribution in [1.82, 2.24) is 4.98 Å². The minimum Gasteiger partial charge on any atom is -0.502 e. The summed E-state index contributed by atoms with van der Waals surface area (Å²) in [6.07, 6.45) is 3.62. The number of nitrogens with two attached hydrogens (primary N) is 1. The zero-order valence-corrected chi connectivity index (χ0v) is 11.7. The number of pyridine rings is 1. The molecular weight excluding hydrogens is 256 g/mol. The van der Waals surface area contributed by atoms with Crippen LogP contribution < -0.4 is 14.8 Å². The number of quaternary nitrogens is 1. The normalized spacial score (nSPS) is 10.3. The van der Waals surface area contributed by atoms with Gasteiger partial charge >= 0.3 is 0 Å². The maximum atomic E-state index is 9.85. The van der Waals surface area contributed by atoms with E-state index in [0.29, 0.717) is 11.5 Å². The number of aromatic hydroxyl groups is 1. The highest BCUT2D eigenvalue weighted by Gasteiger charge is 2.11. The van der Waals surface area contributed by atoms with E-state index >= 15 is 0 Å². The van der Waals surface area contributed by atoms with Crippen molar-refractivity contribution in [3.05, 3.63) is 47.8 Å². The zero-order chi connectivity index (χ0) is 14.4. The van der Waals surface area contributed by atoms with Gasteiger partial charge in [-0.15, -0.1) is 0 Å². The molecule has 0 aliphatic heterocycles. The summed E-state index contributed by atoms with van der Waals surface area (Å²) in [6, 6.07) is 7.60. The van der Waals surface area contributed by atoms with E-state index in [9.17, 15) is 5.11 Å². The smallest absolute Gasteiger partial charge is 0.200 e. The Kier molecular flexibility index (Phi) is 4.79. The van der Waals surface area contributed by atoms with Crippen molar-refractivity contribution in [2.45, 2.75) is 13.1 Å². The largest absolute Gasteiger partial charge is 0.502 e. The van der Waals surface area contributed by atoms with Crippen LogP contribution in [0, 0.1) is 0 Å². The van der Waals surface area contributed by atoms with Gasteiger partial charge in [0.2, 0.25) is 5.75 Å². The predicted molar refractivity (Wildman–Crippen MR) is 74.8 cm³/mol. The minimum absolute atomic E-state index is 0.0333. The fourth-order valence-electron chi connectivity index (χ4n) is 1.99. The van der Waals surface area contributed by atoms with Gasteiger partial charge in [0.15, 0.2) is 11.5 Å². The van der Waals surface area contributed by atoms with Crippen LogP contribution in [-0.4, -0.2) is 24.3 Å². The third kappa shape index (κ3) is 3.39. The molecule has 0 aliphatic rings. The van der Waals surface area contributed by atoms with Crippen LogP contribution in [-0.2, 0) is 13.1 Å². The molecule has 1 aromatic carbocycles. The molecule has 2 rings (SSSR count). The molecule has 20 heavy (non-hydrogen) atoms. The molecule has 0 saturated carbocycles. The van der Waals surface area contributed by atoms with E-state index < -0.39 is 0 Å². The van der Waals surface area contributed by atoms with Crippen LogP contribution >= 0.6 is 0 Å². The molecule has 5 heteroatoms. The second-order valence-corrected chi connectivity index (χ2v) is 4.41. The highest BCUT2D eigenvalue weighted by molar-refractivity contribution is 5.52. The zero-order valence-electron chi connectivity index (χ0n) is 11.7. The number of benzene rings is 1. The lowest BCUT2D eigenvalue weighted by atomic mass is 10.1. The molecule has 0 spiro atoms. The first-order chi connectivity index (χ1) is 9.74. The molecular formula is C15H19N2O3+. The van der Waals surface area contributed by atoms with E-state index in [2.05, 4.69) is 10.3 Å². The van der Waals surface area contributed by atoms with Gasteiger partial charge in [0.1, 0.15) is 13.1 Å². The summed E-state index contributed by atoms with van der Waals surface area (Å²) in [6.45, 7) is 1.61. The van der Waals surface area contributed by atoms with Crippen molar-refractivity contribution >= 4 is 0 Å². The third-order valence-electron chi connectivity index (χ3n) is 3.02. The van der Waals surface area contributed by atoms with Crippen LogP contribution in [0.4, 0.5) is 0 Å². The monoisotopic (exact) mass is 275 g/mol. The molecule has 0 saturated heterocycles. The molecule has 0 fully saturated rings. The maximum absolute atomic E-state index is 9.85. The van der Waals surface area contributed by atoms with E-state index in [1.807, 2.05) is 30.5 Å². The minimum atomic E-state index is 0.0333. The first-order valence-electron chi connectivity index (χ1n) is 6.39. The van der Waals surface area contributed by atoms with Crippen LogP contribution in [0.3, 0.4) is 0 Å². The molecule has 0 amide bonds. The summed E-state index contributed by atoms with van der Waals surface area (Å²) in [5.74, 6) is 0.884. The highest BCUT2D eigenvalue weighted by Crippen LogP contribution is 2.36. The van der Waals surface area contributed by atoms with Crippen molar-refractivity contribution in [2.75, 3.05) is 14.2 Å². The van der Waals surface area contributed by atoms with Crippen molar-refractivity contribution in [3.8, 4) is 17.2 Å². The van der Waals surface area contributed by atoms with Crippen LogP contribution in [0.15, 0.2) is 36.7 Å². The summed E-state index contributed by atoms with van der Waals surface area (Å²) in [4.78, 5) is 4.08. The summed E-state index contributed by atoms with van der Waals surface area (Å²) in [5, 5.41) is 12.0. The van der Waals surface area contributed by atoms with Crippen LogP contribution in [0.2, 0.25) is 0 Å². The number of rotatable bonds is 6. The summed E-state index contributed by atoms with van der Waals surface area (Å²) in [7, 11) is 3.05. The standard InChI is InChI=1S/C15H18N2O3/c1-19-13-6-12(7-14(20-2)15(13)18)10-17-9-11-4-3-5-16-8-11/h3-8,17-18H,9-10H2,1-2H3/p+1. The van der Waals surface area contributed by atoms with Gasteiger partial charge in [-0.2, -0.15) is 0 Å². The van der Waals surface area contributed by atoms with Crippen LogP contribution in [0.1, 0.15) is 11.1 Å². The number of phenols is 1. The van der Waals surface area contributed by atoms with E-state index in [4.69, 9.17) is 9.47 Å². The molecule has 0 bridgehead atoms. The Morgan fingerprint density at radius 2 is 1.75 bits per heavy atom. The Morgan fingerprint density at radius 3 is 2.30 bits per heavy atom. The number of methoxy groups -OCH3 is 2. The van der Waals surface area contributed by atoms with Gasteiger partial charge in [-0.3, -0.25) is 4.98 Å². The summed E-state index contributed by atoms with van der Waals surface area (Å²) < 4.78 is 10.3. The Hall–Kier alpha value is -2.27. The average Bonchev–Trinajstić information content (AvgIpc) is 2.49. The SMILES string of the molecule is COc1cc(C[NH2+]Cc2cccnc2)cc(OC)c1O. The van der Waals surface area contributed by atoms with Crippen LogP contribution in [0.25, 0.3) is 0 Å². The summed E-state index contributed by atoms with van der Waals surface area (Å²) in [5.41, 5.74) is 2.20. The molecule has 0 atom stereocenters. The summed E-state index contributed by atoms with van der Waals surface area (Å²) >= 11 is 0. The van der Waals surface area contributed by atoms with Gasteiger partial charge < -0.3 is 19.9 Å². The van der Waals surface area contributed by atoms with Gasteiger partial charge in [0.25, 0.3) is 0 Å². The topological polar surface area (TPSA) is 68.2 Å². The van der Waals surface area contributed by atoms with Gasteiger partial charge in [0, 0.05) is 23.5 Å². The van der Waals surface area contributed by atoms with E-state index in [1.165, 1.54) is 19.8 Å². The van der Waals surface area contributed by atoms with Crippen molar-refractivity contribution in [3.63, 3.8) is 0 Å². The molecule has 0 unspecified atom stereocenters. The van der Waals surface area contributed by atoms with Gasteiger partial charge in [0.05, 0.1) is 14.2 Å². The van der Waals surface area contributed by atoms with Crippen molar-refractivity contribution in [1.29, 1.82) is 0 Å². The fraction of sp³-hybridized carbons (Fsp3) is 0.267. The highest BCUT2D eigenvalue weighted by atomic mass is 16.5. The number of hydrogen-bond acceptors (Lipinski definition) is 4.